The second-order valence-electron chi connectivity index (χ2n) is 9.92. The molecule has 0 saturated heterocycles. The summed E-state index contributed by atoms with van der Waals surface area (Å²) >= 11 is 0. The monoisotopic (exact) mass is 434 g/mol. The Balaban J connectivity index is 1.81. The Hall–Kier alpha value is -1.17. The number of carboxylic acids is 1. The lowest BCUT2D eigenvalue weighted by molar-refractivity contribution is -0.169. The Morgan fingerprint density at radius 1 is 1.26 bits per heavy atom. The van der Waals surface area contributed by atoms with E-state index in [4.69, 9.17) is 9.84 Å². The minimum atomic E-state index is -0.777. The first-order chi connectivity index (χ1) is 14.9. The van der Waals surface area contributed by atoms with Crippen molar-refractivity contribution in [3.63, 3.8) is 0 Å². The third-order valence-electron chi connectivity index (χ3n) is 8.15. The Bertz CT molecular complexity index is 650. The molecule has 3 aliphatic carbocycles. The third kappa shape index (κ3) is 5.26. The molecule has 0 radical (unpaired) electrons. The summed E-state index contributed by atoms with van der Waals surface area (Å²) in [5.41, 5.74) is 0.842. The molecule has 0 amide bonds. The first-order valence-corrected chi connectivity index (χ1v) is 12.5. The lowest BCUT2D eigenvalue weighted by Crippen LogP contribution is -2.64. The number of fused-ring (bicyclic) bond motifs is 1. The van der Waals surface area contributed by atoms with Crippen LogP contribution in [0.1, 0.15) is 84.0 Å². The molecule has 0 heterocycles. The topological polar surface area (TPSA) is 87.0 Å². The molecule has 0 aromatic rings. The Morgan fingerprint density at radius 2 is 2.00 bits per heavy atom. The lowest BCUT2D eigenvalue weighted by atomic mass is 9.47. The minimum absolute atomic E-state index is 0.0366. The molecular formula is C26H42O5. The standard InChI is InChI=1S/C26H42O5/c1-3-4-11-19-21(12-8-13-24(29)30)26(31-2)17-16-23(28)20(25(19)26)14-15-22(27)18-9-6-5-7-10-18/h12,14-15,18-20,22-23,25,27-28H,3-11,13,16-17H2,1-2H3,(H,29,30)/b15-14+,21-12?/t19?,20-,22?,23+,25+,26-/m0/s1. The van der Waals surface area contributed by atoms with Gasteiger partial charge in [-0.1, -0.05) is 57.3 Å². The summed E-state index contributed by atoms with van der Waals surface area (Å²) in [6, 6.07) is 0. The van der Waals surface area contributed by atoms with E-state index < -0.39 is 23.8 Å². The van der Waals surface area contributed by atoms with Crippen molar-refractivity contribution in [2.24, 2.45) is 23.7 Å². The number of aliphatic hydroxyl groups excluding tert-OH is 2. The number of carboxylic acid groups (broad SMARTS) is 1. The second kappa shape index (κ2) is 11.1. The Labute approximate surface area is 187 Å². The summed E-state index contributed by atoms with van der Waals surface area (Å²) in [5, 5.41) is 30.7. The van der Waals surface area contributed by atoms with E-state index in [1.165, 1.54) is 24.8 Å². The second-order valence-corrected chi connectivity index (χ2v) is 9.92. The first kappa shape index (κ1) is 24.5. The molecule has 5 heteroatoms. The number of hydrogen-bond acceptors (Lipinski definition) is 4. The van der Waals surface area contributed by atoms with E-state index in [1.807, 2.05) is 6.08 Å². The van der Waals surface area contributed by atoms with Crippen LogP contribution in [0.5, 0.6) is 0 Å². The van der Waals surface area contributed by atoms with Crippen LogP contribution < -0.4 is 0 Å². The summed E-state index contributed by atoms with van der Waals surface area (Å²) in [6.45, 7) is 2.18. The van der Waals surface area contributed by atoms with Crippen molar-refractivity contribution >= 4 is 5.97 Å². The molecule has 31 heavy (non-hydrogen) atoms. The number of hydrogen-bond donors (Lipinski definition) is 3. The molecule has 3 N–H and O–H groups in total. The van der Waals surface area contributed by atoms with Crippen LogP contribution >= 0.6 is 0 Å². The number of carbonyl (C=O) groups is 1. The number of aliphatic hydroxyl groups is 2. The van der Waals surface area contributed by atoms with E-state index in [0.29, 0.717) is 24.7 Å². The lowest BCUT2D eigenvalue weighted by Gasteiger charge is -2.63. The average Bonchev–Trinajstić information content (AvgIpc) is 2.77. The van der Waals surface area contributed by atoms with Gasteiger partial charge in [-0.3, -0.25) is 4.79 Å². The minimum Gasteiger partial charge on any atom is -0.481 e. The fraction of sp³-hybridized carbons (Fsp3) is 0.808. The van der Waals surface area contributed by atoms with Crippen LogP contribution in [0.3, 0.4) is 0 Å². The molecule has 3 rings (SSSR count). The van der Waals surface area contributed by atoms with Gasteiger partial charge in [-0.2, -0.15) is 0 Å². The van der Waals surface area contributed by atoms with Crippen molar-refractivity contribution in [3.8, 4) is 0 Å². The molecular weight excluding hydrogens is 392 g/mol. The third-order valence-corrected chi connectivity index (χ3v) is 8.15. The fourth-order valence-electron chi connectivity index (χ4n) is 6.53. The molecule has 6 atom stereocenters. The number of aliphatic carboxylic acids is 1. The molecule has 0 aromatic heterocycles. The first-order valence-electron chi connectivity index (χ1n) is 12.5. The highest BCUT2D eigenvalue weighted by Crippen LogP contribution is 2.62. The van der Waals surface area contributed by atoms with Crippen LogP contribution in [-0.2, 0) is 9.53 Å². The van der Waals surface area contributed by atoms with Gasteiger partial charge < -0.3 is 20.1 Å². The fourth-order valence-corrected chi connectivity index (χ4v) is 6.53. The number of allylic oxidation sites excluding steroid dienone is 1. The number of ether oxygens (including phenoxy) is 1. The van der Waals surface area contributed by atoms with Gasteiger partial charge in [0.2, 0.25) is 0 Å². The molecule has 176 valence electrons. The highest BCUT2D eigenvalue weighted by Gasteiger charge is 2.63. The van der Waals surface area contributed by atoms with E-state index in [0.717, 1.165) is 38.5 Å². The van der Waals surface area contributed by atoms with Crippen molar-refractivity contribution in [2.45, 2.75) is 102 Å². The summed E-state index contributed by atoms with van der Waals surface area (Å²) in [4.78, 5) is 11.0. The van der Waals surface area contributed by atoms with Crippen LogP contribution in [0.4, 0.5) is 0 Å². The van der Waals surface area contributed by atoms with E-state index in [-0.39, 0.29) is 18.3 Å². The SMILES string of the molecule is CCCCC1C(=CCCC(=O)O)[C@@]2(OC)CC[C@@H](O)[C@H](/C=C/C(O)C3CCCCC3)[C@@H]12. The van der Waals surface area contributed by atoms with Crippen LogP contribution in [0.2, 0.25) is 0 Å². The average molecular weight is 435 g/mol. The normalized spacial score (nSPS) is 36.3. The molecule has 0 spiro atoms. The number of rotatable bonds is 10. The maximum atomic E-state index is 11.0. The molecule has 3 saturated carbocycles. The van der Waals surface area contributed by atoms with Gasteiger partial charge in [0.15, 0.2) is 0 Å². The van der Waals surface area contributed by atoms with E-state index in [1.54, 1.807) is 7.11 Å². The Kier molecular flexibility index (Phi) is 8.77. The summed E-state index contributed by atoms with van der Waals surface area (Å²) in [7, 11) is 1.75. The van der Waals surface area contributed by atoms with Crippen molar-refractivity contribution in [1.82, 2.24) is 0 Å². The van der Waals surface area contributed by atoms with Gasteiger partial charge in [-0.15, -0.1) is 0 Å². The van der Waals surface area contributed by atoms with Gasteiger partial charge in [-0.05, 0) is 55.9 Å². The molecule has 0 aliphatic heterocycles. The van der Waals surface area contributed by atoms with Gasteiger partial charge in [0.05, 0.1) is 17.8 Å². The largest absolute Gasteiger partial charge is 0.481 e. The smallest absolute Gasteiger partial charge is 0.303 e. The van der Waals surface area contributed by atoms with Gasteiger partial charge in [0, 0.05) is 25.4 Å². The van der Waals surface area contributed by atoms with Crippen LogP contribution in [-0.4, -0.2) is 46.2 Å². The van der Waals surface area contributed by atoms with Gasteiger partial charge in [0.1, 0.15) is 0 Å². The van der Waals surface area contributed by atoms with Crippen molar-refractivity contribution in [1.29, 1.82) is 0 Å². The van der Waals surface area contributed by atoms with E-state index >= 15 is 0 Å². The highest BCUT2D eigenvalue weighted by atomic mass is 16.5. The zero-order chi connectivity index (χ0) is 22.4. The summed E-state index contributed by atoms with van der Waals surface area (Å²) in [6.07, 6.45) is 16.4. The molecule has 5 nitrogen and oxygen atoms in total. The van der Waals surface area contributed by atoms with E-state index in [9.17, 15) is 15.0 Å². The van der Waals surface area contributed by atoms with Gasteiger partial charge >= 0.3 is 5.97 Å². The van der Waals surface area contributed by atoms with Crippen LogP contribution in [0.15, 0.2) is 23.8 Å². The zero-order valence-corrected chi connectivity index (χ0v) is 19.3. The molecule has 2 unspecified atom stereocenters. The molecule has 3 aliphatic rings. The predicted octanol–water partition coefficient (Wildman–Crippen LogP) is 4.87. The van der Waals surface area contributed by atoms with Crippen LogP contribution in [0.25, 0.3) is 0 Å². The van der Waals surface area contributed by atoms with Gasteiger partial charge in [-0.25, -0.2) is 0 Å². The number of unbranched alkanes of at least 4 members (excludes halogenated alkanes) is 1. The maximum absolute atomic E-state index is 11.0. The van der Waals surface area contributed by atoms with Crippen molar-refractivity contribution < 1.29 is 24.9 Å². The highest BCUT2D eigenvalue weighted by molar-refractivity contribution is 5.66. The summed E-state index contributed by atoms with van der Waals surface area (Å²) in [5.74, 6) is 0.0109. The maximum Gasteiger partial charge on any atom is 0.303 e. The molecule has 3 fully saturated rings. The molecule has 0 bridgehead atoms. The number of methoxy groups -OCH3 is 1. The van der Waals surface area contributed by atoms with Crippen molar-refractivity contribution in [2.75, 3.05) is 7.11 Å². The van der Waals surface area contributed by atoms with Gasteiger partial charge in [0.25, 0.3) is 0 Å². The Morgan fingerprint density at radius 3 is 2.65 bits per heavy atom. The van der Waals surface area contributed by atoms with Crippen LogP contribution in [0, 0.1) is 23.7 Å². The van der Waals surface area contributed by atoms with E-state index in [2.05, 4.69) is 19.1 Å². The predicted molar refractivity (Wildman–Crippen MR) is 122 cm³/mol. The summed E-state index contributed by atoms with van der Waals surface area (Å²) < 4.78 is 6.14. The quantitative estimate of drug-likeness (QED) is 0.427. The van der Waals surface area contributed by atoms with Crippen molar-refractivity contribution in [3.05, 3.63) is 23.8 Å². The zero-order valence-electron chi connectivity index (χ0n) is 19.3. The molecule has 0 aromatic carbocycles.